The predicted octanol–water partition coefficient (Wildman–Crippen LogP) is 5.90. The largest absolute Gasteiger partial charge is 0.351 e. The smallest absolute Gasteiger partial charge is 0.267 e. The minimum absolute atomic E-state index is 0.0711. The van der Waals surface area contributed by atoms with Crippen molar-refractivity contribution in [2.45, 2.75) is 33.7 Å². The van der Waals surface area contributed by atoms with Crippen LogP contribution in [-0.4, -0.2) is 22.9 Å². The normalized spacial score (nSPS) is 12.9. The average molecular weight is 479 g/mol. The Morgan fingerprint density at radius 2 is 1.72 bits per heavy atom. The number of benzene rings is 3. The molecular formula is C30H30N4O2. The Morgan fingerprint density at radius 3 is 2.47 bits per heavy atom. The first-order chi connectivity index (χ1) is 17.4. The molecule has 0 aliphatic carbocycles. The number of carbonyl (C=O) groups excluding carboxylic acids is 2. The molecule has 4 aromatic rings. The molecule has 1 aliphatic heterocycles. The quantitative estimate of drug-likeness (QED) is 0.375. The van der Waals surface area contributed by atoms with Gasteiger partial charge in [-0.1, -0.05) is 42.5 Å². The van der Waals surface area contributed by atoms with Crippen LogP contribution in [0.3, 0.4) is 0 Å². The summed E-state index contributed by atoms with van der Waals surface area (Å²) < 4.78 is 2.01. The van der Waals surface area contributed by atoms with Gasteiger partial charge in [0.15, 0.2) is 0 Å². The molecule has 2 heterocycles. The summed E-state index contributed by atoms with van der Waals surface area (Å²) in [5.41, 5.74) is 6.12. The summed E-state index contributed by atoms with van der Waals surface area (Å²) >= 11 is 0. The second kappa shape index (κ2) is 9.74. The van der Waals surface area contributed by atoms with Crippen LogP contribution < -0.4 is 15.5 Å². The Balaban J connectivity index is 1.54. The summed E-state index contributed by atoms with van der Waals surface area (Å²) in [5, 5.41) is 7.08. The number of rotatable bonds is 5. The molecule has 0 saturated carbocycles. The van der Waals surface area contributed by atoms with Crippen molar-refractivity contribution >= 4 is 34.1 Å². The standard InChI is InChI=1S/C30H30N4O2/c1-20(2)28(34(24-11-5-4-6-12-24)25-13-8-7-10-21(25)3)32-29(35)23-15-14-22-18-27-30(36)31-16-9-17-33(27)26(22)19-23/h4-8,10-15,18-19H,9,16-17H2,1-3H3,(H,31,36)(H,32,35). The van der Waals surface area contributed by atoms with E-state index in [0.717, 1.165) is 46.4 Å². The molecule has 0 atom stereocenters. The van der Waals surface area contributed by atoms with Crippen LogP contribution in [0.2, 0.25) is 0 Å². The second-order valence-electron chi connectivity index (χ2n) is 9.32. The number of para-hydroxylation sites is 2. The minimum Gasteiger partial charge on any atom is -0.351 e. The SMILES string of the molecule is CC(C)=C(NC(=O)c1ccc2cc3n(c2c1)CCCNC3=O)N(c1ccccc1)c1ccccc1C. The molecule has 2 amide bonds. The Labute approximate surface area is 211 Å². The maximum absolute atomic E-state index is 13.6. The van der Waals surface area contributed by atoms with Gasteiger partial charge in [-0.3, -0.25) is 14.5 Å². The first-order valence-corrected chi connectivity index (χ1v) is 12.2. The van der Waals surface area contributed by atoms with Crippen LogP contribution in [0.4, 0.5) is 11.4 Å². The van der Waals surface area contributed by atoms with E-state index in [9.17, 15) is 9.59 Å². The highest BCUT2D eigenvalue weighted by atomic mass is 16.2. The molecule has 0 unspecified atom stereocenters. The number of nitrogens with zero attached hydrogens (tertiary/aromatic N) is 2. The first-order valence-electron chi connectivity index (χ1n) is 12.2. The summed E-state index contributed by atoms with van der Waals surface area (Å²) in [5.74, 6) is 0.448. The van der Waals surface area contributed by atoms with Gasteiger partial charge in [0.05, 0.1) is 5.69 Å². The molecule has 1 aliphatic rings. The number of carbonyl (C=O) groups is 2. The lowest BCUT2D eigenvalue weighted by Crippen LogP contribution is -2.34. The molecule has 6 heteroatoms. The zero-order valence-corrected chi connectivity index (χ0v) is 20.8. The number of hydrogen-bond donors (Lipinski definition) is 2. The Kier molecular flexibility index (Phi) is 6.34. The molecule has 0 fully saturated rings. The van der Waals surface area contributed by atoms with Gasteiger partial charge in [-0.25, -0.2) is 0 Å². The number of allylic oxidation sites excluding steroid dienone is 1. The van der Waals surface area contributed by atoms with Crippen molar-refractivity contribution in [1.82, 2.24) is 15.2 Å². The van der Waals surface area contributed by atoms with Crippen molar-refractivity contribution in [2.75, 3.05) is 11.4 Å². The van der Waals surface area contributed by atoms with E-state index in [0.29, 0.717) is 23.6 Å². The maximum Gasteiger partial charge on any atom is 0.267 e. The summed E-state index contributed by atoms with van der Waals surface area (Å²) in [6.07, 6.45) is 0.851. The fraction of sp³-hybridized carbons (Fsp3) is 0.200. The van der Waals surface area contributed by atoms with Crippen molar-refractivity contribution in [1.29, 1.82) is 0 Å². The zero-order valence-electron chi connectivity index (χ0n) is 20.8. The molecule has 0 saturated heterocycles. The summed E-state index contributed by atoms with van der Waals surface area (Å²) in [7, 11) is 0. The van der Waals surface area contributed by atoms with E-state index in [4.69, 9.17) is 0 Å². The fourth-order valence-electron chi connectivity index (χ4n) is 4.72. The molecule has 36 heavy (non-hydrogen) atoms. The fourth-order valence-corrected chi connectivity index (χ4v) is 4.72. The minimum atomic E-state index is -0.198. The van der Waals surface area contributed by atoms with Gasteiger partial charge in [-0.2, -0.15) is 0 Å². The number of aryl methyl sites for hydroxylation is 2. The molecule has 5 rings (SSSR count). The second-order valence-corrected chi connectivity index (χ2v) is 9.32. The number of anilines is 2. The van der Waals surface area contributed by atoms with E-state index in [1.54, 1.807) is 0 Å². The van der Waals surface area contributed by atoms with Gasteiger partial charge in [0.1, 0.15) is 11.5 Å². The van der Waals surface area contributed by atoms with Crippen molar-refractivity contribution in [3.05, 3.63) is 107 Å². The number of hydrogen-bond acceptors (Lipinski definition) is 3. The van der Waals surface area contributed by atoms with Gasteiger partial charge in [0.2, 0.25) is 0 Å². The van der Waals surface area contributed by atoms with E-state index in [-0.39, 0.29) is 11.8 Å². The highest BCUT2D eigenvalue weighted by Crippen LogP contribution is 2.32. The molecule has 0 bridgehead atoms. The van der Waals surface area contributed by atoms with E-state index in [1.165, 1.54) is 0 Å². The van der Waals surface area contributed by atoms with Crippen molar-refractivity contribution < 1.29 is 9.59 Å². The molecule has 2 N–H and O–H groups in total. The Bertz CT molecular complexity index is 1480. The van der Waals surface area contributed by atoms with Crippen molar-refractivity contribution in [2.24, 2.45) is 0 Å². The summed E-state index contributed by atoms with van der Waals surface area (Å²) in [4.78, 5) is 28.2. The predicted molar refractivity (Wildman–Crippen MR) is 144 cm³/mol. The lowest BCUT2D eigenvalue weighted by atomic mass is 10.1. The van der Waals surface area contributed by atoms with Gasteiger partial charge in [0.25, 0.3) is 11.8 Å². The van der Waals surface area contributed by atoms with Crippen LogP contribution in [0.15, 0.2) is 90.3 Å². The van der Waals surface area contributed by atoms with E-state index in [2.05, 4.69) is 34.6 Å². The third-order valence-corrected chi connectivity index (χ3v) is 6.54. The first kappa shape index (κ1) is 23.4. The molecule has 1 aromatic heterocycles. The number of aromatic nitrogens is 1. The molecule has 3 aromatic carbocycles. The van der Waals surface area contributed by atoms with Crippen LogP contribution >= 0.6 is 0 Å². The molecule has 182 valence electrons. The Hall–Kier alpha value is -4.32. The molecule has 0 radical (unpaired) electrons. The molecule has 0 spiro atoms. The lowest BCUT2D eigenvalue weighted by Gasteiger charge is -2.30. The third kappa shape index (κ3) is 4.38. The lowest BCUT2D eigenvalue weighted by molar-refractivity contribution is 0.0948. The maximum atomic E-state index is 13.6. The van der Waals surface area contributed by atoms with Crippen LogP contribution in [0.25, 0.3) is 10.9 Å². The number of amides is 2. The highest BCUT2D eigenvalue weighted by Gasteiger charge is 2.22. The topological polar surface area (TPSA) is 66.4 Å². The highest BCUT2D eigenvalue weighted by molar-refractivity contribution is 6.03. The van der Waals surface area contributed by atoms with Crippen LogP contribution in [0.5, 0.6) is 0 Å². The van der Waals surface area contributed by atoms with Gasteiger partial charge >= 0.3 is 0 Å². The van der Waals surface area contributed by atoms with Gasteiger partial charge < -0.3 is 15.2 Å². The summed E-state index contributed by atoms with van der Waals surface area (Å²) in [6, 6.07) is 25.7. The molecule has 6 nitrogen and oxygen atoms in total. The van der Waals surface area contributed by atoms with E-state index < -0.39 is 0 Å². The number of nitrogens with one attached hydrogen (secondary N) is 2. The van der Waals surface area contributed by atoms with Crippen LogP contribution in [0.1, 0.15) is 46.7 Å². The van der Waals surface area contributed by atoms with Crippen LogP contribution in [0, 0.1) is 6.92 Å². The van der Waals surface area contributed by atoms with E-state index in [1.807, 2.05) is 85.1 Å². The van der Waals surface area contributed by atoms with Gasteiger partial charge in [0, 0.05) is 35.2 Å². The third-order valence-electron chi connectivity index (χ3n) is 6.54. The average Bonchev–Trinajstić information content (AvgIpc) is 3.15. The summed E-state index contributed by atoms with van der Waals surface area (Å²) in [6.45, 7) is 7.45. The van der Waals surface area contributed by atoms with Gasteiger partial charge in [-0.15, -0.1) is 0 Å². The monoisotopic (exact) mass is 478 g/mol. The van der Waals surface area contributed by atoms with Crippen molar-refractivity contribution in [3.8, 4) is 0 Å². The van der Waals surface area contributed by atoms with Crippen LogP contribution in [-0.2, 0) is 6.54 Å². The van der Waals surface area contributed by atoms with Gasteiger partial charge in [-0.05, 0) is 74.7 Å². The Morgan fingerprint density at radius 1 is 0.972 bits per heavy atom. The van der Waals surface area contributed by atoms with E-state index >= 15 is 0 Å². The molecular weight excluding hydrogens is 448 g/mol. The van der Waals surface area contributed by atoms with Crippen molar-refractivity contribution in [3.63, 3.8) is 0 Å². The zero-order chi connectivity index (χ0) is 25.2. The number of fused-ring (bicyclic) bond motifs is 3.